The van der Waals surface area contributed by atoms with Crippen molar-refractivity contribution < 1.29 is 13.9 Å². The van der Waals surface area contributed by atoms with Crippen LogP contribution >= 0.6 is 0 Å². The number of esters is 1. The van der Waals surface area contributed by atoms with Crippen molar-refractivity contribution in [1.29, 1.82) is 0 Å². The van der Waals surface area contributed by atoms with E-state index in [9.17, 15) is 9.18 Å². The minimum absolute atomic E-state index is 0.0312. The van der Waals surface area contributed by atoms with Crippen LogP contribution in [0, 0.1) is 5.82 Å². The second-order valence-electron chi connectivity index (χ2n) is 2.97. The van der Waals surface area contributed by atoms with Gasteiger partial charge in [0, 0.05) is 12.3 Å². The first-order valence-corrected chi connectivity index (χ1v) is 4.64. The lowest BCUT2D eigenvalue weighted by molar-refractivity contribution is 0.0520. The summed E-state index contributed by atoms with van der Waals surface area (Å²) in [7, 11) is 0. The standard InChI is InChI=1S/C9H9FN4O2/c1-2-16-9(15)8-7(12-14-13-8)6-3-5(10)4-11-6/h3-4,11H,2H2,1H3,(H,12,13,14). The molecule has 2 aromatic rings. The van der Waals surface area contributed by atoms with Crippen LogP contribution in [0.25, 0.3) is 11.4 Å². The highest BCUT2D eigenvalue weighted by atomic mass is 19.1. The zero-order chi connectivity index (χ0) is 11.5. The Kier molecular flexibility index (Phi) is 2.67. The van der Waals surface area contributed by atoms with Crippen molar-refractivity contribution in [3.8, 4) is 11.4 Å². The van der Waals surface area contributed by atoms with Gasteiger partial charge in [0.05, 0.1) is 12.3 Å². The summed E-state index contributed by atoms with van der Waals surface area (Å²) in [4.78, 5) is 14.1. The van der Waals surface area contributed by atoms with Gasteiger partial charge in [-0.15, -0.1) is 5.10 Å². The van der Waals surface area contributed by atoms with Gasteiger partial charge in [-0.25, -0.2) is 9.18 Å². The Balaban J connectivity index is 2.36. The predicted octanol–water partition coefficient (Wildman–Crippen LogP) is 1.12. The van der Waals surface area contributed by atoms with Crippen molar-refractivity contribution in [3.63, 3.8) is 0 Å². The highest BCUT2D eigenvalue weighted by molar-refractivity contribution is 5.93. The molecule has 0 aliphatic heterocycles. The van der Waals surface area contributed by atoms with Crippen LogP contribution in [0.2, 0.25) is 0 Å². The number of halogens is 1. The summed E-state index contributed by atoms with van der Waals surface area (Å²) in [5.41, 5.74) is 0.639. The normalized spacial score (nSPS) is 10.4. The van der Waals surface area contributed by atoms with Gasteiger partial charge in [0.25, 0.3) is 0 Å². The predicted molar refractivity (Wildman–Crippen MR) is 52.1 cm³/mol. The Morgan fingerprint density at radius 2 is 2.38 bits per heavy atom. The molecule has 0 amide bonds. The Bertz CT molecular complexity index is 505. The summed E-state index contributed by atoms with van der Waals surface area (Å²) in [5, 5.41) is 9.74. The molecule has 0 atom stereocenters. The van der Waals surface area contributed by atoms with Gasteiger partial charge >= 0.3 is 5.97 Å². The van der Waals surface area contributed by atoms with Crippen LogP contribution in [0.4, 0.5) is 4.39 Å². The Hall–Kier alpha value is -2.18. The summed E-state index contributed by atoms with van der Waals surface area (Å²) in [6, 6.07) is 1.22. The molecule has 6 nitrogen and oxygen atoms in total. The lowest BCUT2D eigenvalue weighted by Crippen LogP contribution is -2.06. The van der Waals surface area contributed by atoms with Gasteiger partial charge in [-0.05, 0) is 6.92 Å². The molecule has 0 saturated carbocycles. The van der Waals surface area contributed by atoms with Crippen molar-refractivity contribution in [2.45, 2.75) is 6.92 Å². The fraction of sp³-hybridized carbons (Fsp3) is 0.222. The molecule has 0 aliphatic carbocycles. The molecule has 0 saturated heterocycles. The lowest BCUT2D eigenvalue weighted by atomic mass is 10.2. The third-order valence-electron chi connectivity index (χ3n) is 1.92. The van der Waals surface area contributed by atoms with Crippen LogP contribution in [-0.2, 0) is 4.74 Å². The number of hydrogen-bond donors (Lipinski definition) is 2. The summed E-state index contributed by atoms with van der Waals surface area (Å²) in [6.07, 6.45) is 1.17. The average molecular weight is 224 g/mol. The van der Waals surface area contributed by atoms with Crippen molar-refractivity contribution in [2.24, 2.45) is 0 Å². The molecular formula is C9H9FN4O2. The fourth-order valence-corrected chi connectivity index (χ4v) is 1.27. The summed E-state index contributed by atoms with van der Waals surface area (Å²) >= 11 is 0. The third-order valence-corrected chi connectivity index (χ3v) is 1.92. The summed E-state index contributed by atoms with van der Waals surface area (Å²) in [5.74, 6) is -1.03. The molecule has 7 heteroatoms. The van der Waals surface area contributed by atoms with E-state index in [0.29, 0.717) is 5.69 Å². The van der Waals surface area contributed by atoms with E-state index in [4.69, 9.17) is 4.74 Å². The number of aromatic amines is 2. The van der Waals surface area contributed by atoms with E-state index in [0.717, 1.165) is 0 Å². The fourth-order valence-electron chi connectivity index (χ4n) is 1.27. The second-order valence-corrected chi connectivity index (χ2v) is 2.97. The Labute approximate surface area is 89.8 Å². The molecular weight excluding hydrogens is 215 g/mol. The molecule has 16 heavy (non-hydrogen) atoms. The minimum Gasteiger partial charge on any atom is -0.461 e. The Morgan fingerprint density at radius 1 is 1.56 bits per heavy atom. The van der Waals surface area contributed by atoms with Gasteiger partial charge in [0.2, 0.25) is 0 Å². The molecule has 0 spiro atoms. The van der Waals surface area contributed by atoms with Gasteiger partial charge in [-0.3, -0.25) is 0 Å². The maximum atomic E-state index is 12.8. The highest BCUT2D eigenvalue weighted by Gasteiger charge is 2.19. The first kappa shape index (κ1) is 10.3. The summed E-state index contributed by atoms with van der Waals surface area (Å²) in [6.45, 7) is 1.93. The van der Waals surface area contributed by atoms with Crippen molar-refractivity contribution in [3.05, 3.63) is 23.8 Å². The monoisotopic (exact) mass is 224 g/mol. The number of ether oxygens (including phenoxy) is 1. The SMILES string of the molecule is CCOC(=O)c1n[nH]nc1-c1cc(F)c[nH]1. The first-order chi connectivity index (χ1) is 7.72. The number of aromatic nitrogens is 4. The van der Waals surface area contributed by atoms with E-state index in [2.05, 4.69) is 20.4 Å². The summed E-state index contributed by atoms with van der Waals surface area (Å²) < 4.78 is 17.6. The van der Waals surface area contributed by atoms with Crippen LogP contribution in [0.3, 0.4) is 0 Å². The van der Waals surface area contributed by atoms with Gasteiger partial charge < -0.3 is 9.72 Å². The maximum absolute atomic E-state index is 12.8. The average Bonchev–Trinajstić information content (AvgIpc) is 2.85. The maximum Gasteiger partial charge on any atom is 0.361 e. The first-order valence-electron chi connectivity index (χ1n) is 4.64. The molecule has 0 aliphatic rings. The minimum atomic E-state index is -0.596. The van der Waals surface area contributed by atoms with E-state index in [-0.39, 0.29) is 18.0 Å². The van der Waals surface area contributed by atoms with E-state index < -0.39 is 11.8 Å². The van der Waals surface area contributed by atoms with Crippen LogP contribution in [0.1, 0.15) is 17.4 Å². The molecule has 0 bridgehead atoms. The van der Waals surface area contributed by atoms with Crippen molar-refractivity contribution in [1.82, 2.24) is 20.4 Å². The molecule has 2 N–H and O–H groups in total. The molecule has 0 radical (unpaired) electrons. The van der Waals surface area contributed by atoms with Crippen LogP contribution in [0.5, 0.6) is 0 Å². The largest absolute Gasteiger partial charge is 0.461 e. The number of hydrogen-bond acceptors (Lipinski definition) is 4. The quantitative estimate of drug-likeness (QED) is 0.765. The number of rotatable bonds is 3. The zero-order valence-electron chi connectivity index (χ0n) is 8.45. The smallest absolute Gasteiger partial charge is 0.361 e. The van der Waals surface area contributed by atoms with Gasteiger partial charge in [-0.2, -0.15) is 10.3 Å². The van der Waals surface area contributed by atoms with Crippen molar-refractivity contribution in [2.75, 3.05) is 6.61 Å². The van der Waals surface area contributed by atoms with E-state index in [1.165, 1.54) is 12.3 Å². The number of H-pyrrole nitrogens is 2. The number of nitrogens with one attached hydrogen (secondary N) is 2. The van der Waals surface area contributed by atoms with Crippen LogP contribution in [0.15, 0.2) is 12.3 Å². The molecule has 0 unspecified atom stereocenters. The second kappa shape index (κ2) is 4.13. The molecule has 0 fully saturated rings. The zero-order valence-corrected chi connectivity index (χ0v) is 8.45. The van der Waals surface area contributed by atoms with Gasteiger partial charge in [0.15, 0.2) is 5.69 Å². The van der Waals surface area contributed by atoms with Crippen LogP contribution < -0.4 is 0 Å². The number of carbonyl (C=O) groups excluding carboxylic acids is 1. The molecule has 0 aromatic carbocycles. The number of nitrogens with zero attached hydrogens (tertiary/aromatic N) is 2. The van der Waals surface area contributed by atoms with E-state index in [1.807, 2.05) is 0 Å². The van der Waals surface area contributed by atoms with Crippen LogP contribution in [-0.4, -0.2) is 33.0 Å². The molecule has 2 aromatic heterocycles. The van der Waals surface area contributed by atoms with Gasteiger partial charge in [-0.1, -0.05) is 0 Å². The molecule has 2 rings (SSSR count). The Morgan fingerprint density at radius 3 is 3.00 bits per heavy atom. The topological polar surface area (TPSA) is 83.7 Å². The molecule has 2 heterocycles. The van der Waals surface area contributed by atoms with Crippen molar-refractivity contribution >= 4 is 5.97 Å². The third kappa shape index (κ3) is 1.79. The lowest BCUT2D eigenvalue weighted by Gasteiger charge is -1.98. The van der Waals surface area contributed by atoms with E-state index in [1.54, 1.807) is 6.92 Å². The molecule has 84 valence electrons. The number of carbonyl (C=O) groups is 1. The van der Waals surface area contributed by atoms with Gasteiger partial charge in [0.1, 0.15) is 11.5 Å². The van der Waals surface area contributed by atoms with E-state index >= 15 is 0 Å². The highest BCUT2D eigenvalue weighted by Crippen LogP contribution is 2.19.